The van der Waals surface area contributed by atoms with E-state index in [9.17, 15) is 14.3 Å². The van der Waals surface area contributed by atoms with Crippen LogP contribution < -0.4 is 5.43 Å². The summed E-state index contributed by atoms with van der Waals surface area (Å²) in [7, 11) is 0. The molecule has 0 atom stereocenters. The monoisotopic (exact) mass is 435 g/mol. The first-order valence-electron chi connectivity index (χ1n) is 10.3. The summed E-state index contributed by atoms with van der Waals surface area (Å²) in [5.74, 6) is -0.844. The number of hydrogen-bond acceptors (Lipinski definition) is 5. The predicted octanol–water partition coefficient (Wildman–Crippen LogP) is 3.08. The lowest BCUT2D eigenvalue weighted by molar-refractivity contribution is -0.122. The van der Waals surface area contributed by atoms with Crippen molar-refractivity contribution in [2.75, 3.05) is 32.7 Å². The van der Waals surface area contributed by atoms with E-state index in [1.807, 2.05) is 29.2 Å². The molecule has 0 aliphatic carbocycles. The smallest absolute Gasteiger partial charge is 0.254 e. The number of rotatable bonds is 8. The average Bonchev–Trinajstić information content (AvgIpc) is 2.79. The van der Waals surface area contributed by atoms with E-state index in [0.717, 1.165) is 44.4 Å². The Bertz CT molecular complexity index is 1020. The molecule has 0 saturated carbocycles. The number of hydrazone groups is 1. The van der Waals surface area contributed by atoms with Crippen LogP contribution in [0.2, 0.25) is 0 Å². The summed E-state index contributed by atoms with van der Waals surface area (Å²) >= 11 is 0. The van der Waals surface area contributed by atoms with Crippen LogP contribution in [0.4, 0.5) is 10.1 Å². The van der Waals surface area contributed by atoms with Crippen LogP contribution in [0.3, 0.4) is 0 Å². The van der Waals surface area contributed by atoms with Crippen LogP contribution in [0.1, 0.15) is 16.7 Å². The minimum absolute atomic E-state index is 0.0795. The molecule has 1 aliphatic rings. The van der Waals surface area contributed by atoms with Crippen LogP contribution in [0.25, 0.3) is 4.85 Å². The highest BCUT2D eigenvalue weighted by Gasteiger charge is 2.19. The molecular formula is C24H26FN5O2. The zero-order valence-corrected chi connectivity index (χ0v) is 17.8. The van der Waals surface area contributed by atoms with Gasteiger partial charge < -0.3 is 5.11 Å². The topological polar surface area (TPSA) is 72.5 Å². The quantitative estimate of drug-likeness (QED) is 0.289. The number of carbonyl (C=O) groups is 1. The van der Waals surface area contributed by atoms with Crippen molar-refractivity contribution in [1.29, 1.82) is 0 Å². The Morgan fingerprint density at radius 3 is 2.56 bits per heavy atom. The zero-order valence-electron chi connectivity index (χ0n) is 17.8. The van der Waals surface area contributed by atoms with E-state index in [4.69, 9.17) is 6.57 Å². The summed E-state index contributed by atoms with van der Waals surface area (Å²) < 4.78 is 13.7. The van der Waals surface area contributed by atoms with E-state index in [1.54, 1.807) is 6.08 Å². The average molecular weight is 436 g/mol. The van der Waals surface area contributed by atoms with E-state index >= 15 is 0 Å². The van der Waals surface area contributed by atoms with Crippen molar-refractivity contribution in [2.24, 2.45) is 5.10 Å². The highest BCUT2D eigenvalue weighted by atomic mass is 19.1. The maximum atomic E-state index is 13.7. The van der Waals surface area contributed by atoms with Gasteiger partial charge in [-0.15, -0.1) is 6.58 Å². The number of amides is 1. The molecule has 2 aromatic carbocycles. The van der Waals surface area contributed by atoms with Gasteiger partial charge in [-0.2, -0.15) is 5.10 Å². The first kappa shape index (κ1) is 23.1. The SMILES string of the molecule is [C-]#[N+]c1ccc(CN2CCN(CC(=O)N/N=C\c3cc(F)cc(CC=C)c3O)CC2)cc1. The Hall–Kier alpha value is -3.54. The van der Waals surface area contributed by atoms with Gasteiger partial charge in [0.2, 0.25) is 0 Å². The van der Waals surface area contributed by atoms with Gasteiger partial charge in [-0.05, 0) is 24.1 Å². The van der Waals surface area contributed by atoms with Gasteiger partial charge in [0.25, 0.3) is 5.91 Å². The lowest BCUT2D eigenvalue weighted by Gasteiger charge is -2.34. The Labute approximate surface area is 187 Å². The van der Waals surface area contributed by atoms with E-state index < -0.39 is 5.82 Å². The maximum absolute atomic E-state index is 13.7. The summed E-state index contributed by atoms with van der Waals surface area (Å²) in [6, 6.07) is 10.0. The van der Waals surface area contributed by atoms with Crippen molar-refractivity contribution in [3.63, 3.8) is 0 Å². The Kier molecular flexibility index (Phi) is 8.08. The van der Waals surface area contributed by atoms with Crippen LogP contribution in [0, 0.1) is 12.4 Å². The first-order valence-corrected chi connectivity index (χ1v) is 10.3. The lowest BCUT2D eigenvalue weighted by Crippen LogP contribution is -2.48. The fourth-order valence-corrected chi connectivity index (χ4v) is 3.54. The van der Waals surface area contributed by atoms with E-state index in [0.29, 0.717) is 17.7 Å². The van der Waals surface area contributed by atoms with Gasteiger partial charge in [-0.1, -0.05) is 30.3 Å². The summed E-state index contributed by atoms with van der Waals surface area (Å²) in [6.07, 6.45) is 3.14. The van der Waals surface area contributed by atoms with Crippen LogP contribution in [0.15, 0.2) is 54.2 Å². The fraction of sp³-hybridized carbons (Fsp3) is 0.292. The number of allylic oxidation sites excluding steroid dienone is 1. The molecule has 32 heavy (non-hydrogen) atoms. The molecule has 1 fully saturated rings. The molecule has 1 saturated heterocycles. The third-order valence-electron chi connectivity index (χ3n) is 5.24. The van der Waals surface area contributed by atoms with Gasteiger partial charge in [0.1, 0.15) is 11.6 Å². The van der Waals surface area contributed by atoms with Gasteiger partial charge in [0.05, 0.1) is 19.3 Å². The maximum Gasteiger partial charge on any atom is 0.254 e. The van der Waals surface area contributed by atoms with Gasteiger partial charge in [0.15, 0.2) is 5.69 Å². The van der Waals surface area contributed by atoms with Crippen LogP contribution in [0.5, 0.6) is 5.75 Å². The third kappa shape index (κ3) is 6.48. The zero-order chi connectivity index (χ0) is 22.9. The minimum Gasteiger partial charge on any atom is -0.507 e. The van der Waals surface area contributed by atoms with E-state index in [1.165, 1.54) is 12.3 Å². The molecule has 2 N–H and O–H groups in total. The first-order chi connectivity index (χ1) is 15.5. The van der Waals surface area contributed by atoms with Crippen LogP contribution in [-0.2, 0) is 17.8 Å². The number of hydrogen-bond donors (Lipinski definition) is 2. The normalized spacial score (nSPS) is 14.9. The molecule has 2 aromatic rings. The lowest BCUT2D eigenvalue weighted by atomic mass is 10.1. The third-order valence-corrected chi connectivity index (χ3v) is 5.24. The minimum atomic E-state index is -0.493. The highest BCUT2D eigenvalue weighted by Crippen LogP contribution is 2.23. The summed E-state index contributed by atoms with van der Waals surface area (Å²) in [5, 5.41) is 14.0. The van der Waals surface area contributed by atoms with Crippen molar-refractivity contribution < 1.29 is 14.3 Å². The standard InChI is InChI=1S/C24H26FN5O2/c1-3-4-19-13-21(25)14-20(24(19)32)15-27-28-23(31)17-30-11-9-29(10-12-30)16-18-5-7-22(26-2)8-6-18/h3,5-8,13-15,32H,1,4,9-12,16-17H2,(H,28,31)/b27-15-. The number of phenolic OH excluding ortho intramolecular Hbond substituents is 1. The molecule has 0 bridgehead atoms. The van der Waals surface area contributed by atoms with E-state index in [-0.39, 0.29) is 23.8 Å². The number of piperazine rings is 1. The molecule has 1 heterocycles. The second kappa shape index (κ2) is 11.2. The summed E-state index contributed by atoms with van der Waals surface area (Å²) in [5.41, 5.74) is 4.84. The van der Waals surface area contributed by atoms with Crippen molar-refractivity contribution in [2.45, 2.75) is 13.0 Å². The Balaban J connectivity index is 1.44. The van der Waals surface area contributed by atoms with Crippen LogP contribution >= 0.6 is 0 Å². The largest absolute Gasteiger partial charge is 0.507 e. The van der Waals surface area contributed by atoms with Crippen molar-refractivity contribution in [3.8, 4) is 5.75 Å². The molecule has 8 heteroatoms. The summed E-state index contributed by atoms with van der Waals surface area (Å²) in [4.78, 5) is 20.0. The van der Waals surface area contributed by atoms with Crippen molar-refractivity contribution >= 4 is 17.8 Å². The molecular weight excluding hydrogens is 409 g/mol. The molecule has 7 nitrogen and oxygen atoms in total. The van der Waals surface area contributed by atoms with Crippen molar-refractivity contribution in [3.05, 3.63) is 83.0 Å². The molecule has 1 aliphatic heterocycles. The number of nitrogens with zero attached hydrogens (tertiary/aromatic N) is 4. The number of nitrogens with one attached hydrogen (secondary N) is 1. The van der Waals surface area contributed by atoms with Gasteiger partial charge in [0, 0.05) is 43.9 Å². The number of carbonyl (C=O) groups excluding carboxylic acids is 1. The molecule has 166 valence electrons. The van der Waals surface area contributed by atoms with E-state index in [2.05, 4.69) is 26.9 Å². The number of halogens is 1. The summed E-state index contributed by atoms with van der Waals surface area (Å²) in [6.45, 7) is 14.8. The molecule has 3 rings (SSSR count). The van der Waals surface area contributed by atoms with Gasteiger partial charge >= 0.3 is 0 Å². The Morgan fingerprint density at radius 1 is 1.22 bits per heavy atom. The fourth-order valence-electron chi connectivity index (χ4n) is 3.54. The highest BCUT2D eigenvalue weighted by molar-refractivity contribution is 5.86. The molecule has 1 amide bonds. The molecule has 0 radical (unpaired) electrons. The van der Waals surface area contributed by atoms with Crippen LogP contribution in [-0.4, -0.2) is 59.8 Å². The van der Waals surface area contributed by atoms with Gasteiger partial charge in [-0.3, -0.25) is 14.6 Å². The van der Waals surface area contributed by atoms with Gasteiger partial charge in [-0.25, -0.2) is 14.7 Å². The molecule has 0 aromatic heterocycles. The van der Waals surface area contributed by atoms with Crippen molar-refractivity contribution in [1.82, 2.24) is 15.2 Å². The number of aromatic hydroxyl groups is 1. The Morgan fingerprint density at radius 2 is 1.91 bits per heavy atom. The second-order valence-electron chi connectivity index (χ2n) is 7.62. The second-order valence-corrected chi connectivity index (χ2v) is 7.62. The molecule has 0 unspecified atom stereocenters. The molecule has 0 spiro atoms. The predicted molar refractivity (Wildman–Crippen MR) is 122 cm³/mol. The number of phenols is 1. The number of benzene rings is 2.